The highest BCUT2D eigenvalue weighted by molar-refractivity contribution is 5.96. The van der Waals surface area contributed by atoms with E-state index in [0.29, 0.717) is 36.2 Å². The quantitative estimate of drug-likeness (QED) is 0.156. The van der Waals surface area contributed by atoms with Gasteiger partial charge in [0.1, 0.15) is 31.4 Å². The molecule has 2 heterocycles. The number of fused-ring (bicyclic) bond motifs is 7. The number of hydrogen-bond acceptors (Lipinski definition) is 10. The molecule has 12 heteroatoms. The van der Waals surface area contributed by atoms with E-state index in [0.717, 1.165) is 73.6 Å². The molecule has 7 rings (SSSR count). The number of carbonyl (C=O) groups is 4. The molecule has 0 radical (unpaired) electrons. The molecule has 5 aliphatic rings. The zero-order chi connectivity index (χ0) is 38.7. The Labute approximate surface area is 318 Å². The monoisotopic (exact) mass is 740 g/mol. The number of hydrogen-bond donors (Lipinski definition) is 0. The number of allylic oxidation sites excluding steroid dienone is 3. The lowest BCUT2D eigenvalue weighted by atomic mass is 9.32. The van der Waals surface area contributed by atoms with Gasteiger partial charge in [-0.25, -0.2) is 19.6 Å². The molecule has 0 N–H and O–H groups in total. The Morgan fingerprint density at radius 1 is 0.741 bits per heavy atom. The average molecular weight is 741 g/mol. The number of aromatic nitrogens is 6. The molecule has 0 amide bonds. The van der Waals surface area contributed by atoms with Crippen molar-refractivity contribution in [3.05, 3.63) is 61.8 Å². The topological polar surface area (TPSA) is 148 Å². The summed E-state index contributed by atoms with van der Waals surface area (Å²) < 4.78 is 14.3. The van der Waals surface area contributed by atoms with Crippen LogP contribution in [-0.2, 0) is 19.1 Å². The third kappa shape index (κ3) is 6.11. The molecule has 3 unspecified atom stereocenters. The van der Waals surface area contributed by atoms with E-state index in [-0.39, 0.29) is 33.2 Å². The lowest BCUT2D eigenvalue weighted by molar-refractivity contribution is -0.251. The van der Waals surface area contributed by atoms with Crippen LogP contribution in [0.1, 0.15) is 115 Å². The largest absolute Gasteiger partial charge is 0.462 e. The van der Waals surface area contributed by atoms with E-state index in [1.54, 1.807) is 0 Å². The maximum absolute atomic E-state index is 13.0. The van der Waals surface area contributed by atoms with Crippen LogP contribution >= 0.6 is 0 Å². The van der Waals surface area contributed by atoms with Gasteiger partial charge in [0, 0.05) is 35.1 Å². The van der Waals surface area contributed by atoms with Gasteiger partial charge in [0.2, 0.25) is 0 Å². The molecule has 0 aliphatic heterocycles. The van der Waals surface area contributed by atoms with Crippen molar-refractivity contribution in [3.8, 4) is 0 Å². The Bertz CT molecular complexity index is 1850. The minimum Gasteiger partial charge on any atom is -0.462 e. The van der Waals surface area contributed by atoms with E-state index in [4.69, 9.17) is 9.47 Å². The van der Waals surface area contributed by atoms with Crippen molar-refractivity contribution in [2.45, 2.75) is 112 Å². The fraction of sp³-hybridized carbons (Fsp3) is 0.667. The van der Waals surface area contributed by atoms with Crippen LogP contribution in [0, 0.1) is 56.7 Å². The van der Waals surface area contributed by atoms with Gasteiger partial charge in [-0.2, -0.15) is 19.6 Å². The number of carbonyl (C=O) groups excluding carboxylic acids is 4. The normalized spacial score (nSPS) is 38.2. The van der Waals surface area contributed by atoms with Gasteiger partial charge >= 0.3 is 11.9 Å². The minimum absolute atomic E-state index is 0.0930. The van der Waals surface area contributed by atoms with Gasteiger partial charge in [-0.15, -0.1) is 0 Å². The van der Waals surface area contributed by atoms with Gasteiger partial charge in [-0.1, -0.05) is 46.8 Å². The third-order valence-electron chi connectivity index (χ3n) is 16.0. The van der Waals surface area contributed by atoms with Gasteiger partial charge in [0.05, 0.1) is 6.61 Å². The summed E-state index contributed by atoms with van der Waals surface area (Å²) >= 11 is 0. The standard InChI is InChI=1S/C42H56N6O6/c1-27(2)28-14-19-42(22-53-35(51)12-10-33(49)47-25-43-23-45-47)21-20-40(6)29(37(28)42)8-9-31-39(5)17-16-32(38(3,4)30(39)15-18-41(31,40)7)54-36(52)13-11-34(50)48-26-44-24-46-48/h10-13,23-26,28-32,37H,1,8-9,14-22H2,2-7H3/b12-10+,13-11+/t28-,29+,30?,31?,32-,37?,39-,40+,41+,42+/m0/s1. The molecule has 5 saturated carbocycles. The Morgan fingerprint density at radius 2 is 1.39 bits per heavy atom. The maximum Gasteiger partial charge on any atom is 0.331 e. The van der Waals surface area contributed by atoms with Gasteiger partial charge in [0.25, 0.3) is 11.8 Å². The van der Waals surface area contributed by atoms with E-state index in [1.807, 2.05) is 0 Å². The van der Waals surface area contributed by atoms with E-state index >= 15 is 0 Å². The van der Waals surface area contributed by atoms with Crippen LogP contribution in [-0.4, -0.2) is 66.0 Å². The average Bonchev–Trinajstić information content (AvgIpc) is 3.93. The number of nitrogens with zero attached hydrogens (tertiary/aromatic N) is 6. The first kappa shape index (κ1) is 38.1. The summed E-state index contributed by atoms with van der Waals surface area (Å²) in [7, 11) is 0. The van der Waals surface area contributed by atoms with Crippen molar-refractivity contribution in [2.75, 3.05) is 6.61 Å². The molecule has 10 atom stereocenters. The molecule has 0 bridgehead atoms. The highest BCUT2D eigenvalue weighted by atomic mass is 16.5. The van der Waals surface area contributed by atoms with Crippen molar-refractivity contribution < 1.29 is 28.7 Å². The Morgan fingerprint density at radius 3 is 2.00 bits per heavy atom. The molecule has 290 valence electrons. The molecule has 54 heavy (non-hydrogen) atoms. The molecule has 0 saturated heterocycles. The summed E-state index contributed by atoms with van der Waals surface area (Å²) in [6, 6.07) is 0. The second-order valence-electron chi connectivity index (χ2n) is 18.5. The smallest absolute Gasteiger partial charge is 0.331 e. The van der Waals surface area contributed by atoms with Crippen molar-refractivity contribution in [3.63, 3.8) is 0 Å². The van der Waals surface area contributed by atoms with Gasteiger partial charge in [-0.3, -0.25) is 9.59 Å². The van der Waals surface area contributed by atoms with Gasteiger partial charge in [0.15, 0.2) is 0 Å². The zero-order valence-corrected chi connectivity index (χ0v) is 32.7. The lowest BCUT2D eigenvalue weighted by Gasteiger charge is -2.73. The summed E-state index contributed by atoms with van der Waals surface area (Å²) in [5.74, 6) is 0.248. The van der Waals surface area contributed by atoms with Crippen LogP contribution in [0.5, 0.6) is 0 Å². The third-order valence-corrected chi connectivity index (χ3v) is 16.0. The first-order valence-electron chi connectivity index (χ1n) is 19.7. The Kier molecular flexibility index (Phi) is 9.74. The highest BCUT2D eigenvalue weighted by Gasteiger charge is 2.71. The fourth-order valence-electron chi connectivity index (χ4n) is 13.2. The van der Waals surface area contributed by atoms with Crippen LogP contribution in [0.2, 0.25) is 0 Å². The predicted octanol–water partition coefficient (Wildman–Crippen LogP) is 7.08. The fourth-order valence-corrected chi connectivity index (χ4v) is 13.2. The van der Waals surface area contributed by atoms with Crippen LogP contribution in [0.4, 0.5) is 0 Å². The first-order chi connectivity index (χ1) is 25.6. The van der Waals surface area contributed by atoms with Crippen LogP contribution in [0.25, 0.3) is 0 Å². The second-order valence-corrected chi connectivity index (χ2v) is 18.5. The molecule has 0 aromatic carbocycles. The van der Waals surface area contributed by atoms with E-state index in [9.17, 15) is 19.2 Å². The summed E-state index contributed by atoms with van der Waals surface area (Å²) in [5, 5.41) is 7.67. The van der Waals surface area contributed by atoms with Gasteiger partial charge in [-0.05, 0) is 117 Å². The molecule has 2 aromatic heterocycles. The highest BCUT2D eigenvalue weighted by Crippen LogP contribution is 2.77. The van der Waals surface area contributed by atoms with Crippen LogP contribution < -0.4 is 0 Å². The Hall–Kier alpha value is -4.22. The van der Waals surface area contributed by atoms with E-state index in [2.05, 4.69) is 68.3 Å². The molecule has 0 spiro atoms. The van der Waals surface area contributed by atoms with Crippen molar-refractivity contribution >= 4 is 23.8 Å². The van der Waals surface area contributed by atoms with E-state index < -0.39 is 23.8 Å². The summed E-state index contributed by atoms with van der Waals surface area (Å²) in [5.41, 5.74) is 1.21. The number of ether oxygens (including phenoxy) is 2. The number of esters is 2. The van der Waals surface area contributed by atoms with Crippen molar-refractivity contribution in [1.82, 2.24) is 29.5 Å². The van der Waals surface area contributed by atoms with E-state index in [1.165, 1.54) is 55.2 Å². The summed E-state index contributed by atoms with van der Waals surface area (Å²) in [6.45, 7) is 19.3. The predicted molar refractivity (Wildman–Crippen MR) is 199 cm³/mol. The zero-order valence-electron chi connectivity index (χ0n) is 32.7. The summed E-state index contributed by atoms with van der Waals surface area (Å²) in [4.78, 5) is 58.3. The molecule has 12 nitrogen and oxygen atoms in total. The van der Waals surface area contributed by atoms with Crippen molar-refractivity contribution in [1.29, 1.82) is 0 Å². The molecule has 5 fully saturated rings. The maximum atomic E-state index is 13.0. The molecule has 5 aliphatic carbocycles. The summed E-state index contributed by atoms with van der Waals surface area (Å²) in [6.07, 6.45) is 20.1. The number of rotatable bonds is 8. The van der Waals surface area contributed by atoms with Crippen molar-refractivity contribution in [2.24, 2.45) is 56.7 Å². The first-order valence-corrected chi connectivity index (χ1v) is 19.7. The van der Waals surface area contributed by atoms with Gasteiger partial charge < -0.3 is 9.47 Å². The Balaban J connectivity index is 1.07. The molecule has 2 aromatic rings. The SMILES string of the molecule is C=C(C)[C@@H]1CC[C@]2(COC(=O)/C=C/C(=O)n3cncn3)CC[C@]3(C)[C@H](CCC4[C@@]5(C)CC[C@H](OC(=O)/C=C/C(=O)n6cncn6)C(C)(C)C5CC[C@]43C)C12. The molecular formula is C42H56N6O6. The minimum atomic E-state index is -0.509. The second kappa shape index (κ2) is 13.8. The molecular weight excluding hydrogens is 684 g/mol. The lowest BCUT2D eigenvalue weighted by Crippen LogP contribution is -2.67. The van der Waals surface area contributed by atoms with Crippen LogP contribution in [0.15, 0.2) is 61.8 Å². The van der Waals surface area contributed by atoms with Crippen LogP contribution in [0.3, 0.4) is 0 Å².